The van der Waals surface area contributed by atoms with Crippen LogP contribution in [0.5, 0.6) is 0 Å². The first-order valence-corrected chi connectivity index (χ1v) is 11.3. The molecule has 2 aromatic carbocycles. The molecule has 0 spiro atoms. The number of amides is 1. The Bertz CT molecular complexity index is 825. The molecule has 1 aliphatic rings. The van der Waals surface area contributed by atoms with Gasteiger partial charge in [-0.25, -0.2) is 0 Å². The fourth-order valence-corrected chi connectivity index (χ4v) is 4.06. The molecule has 1 aliphatic heterocycles. The van der Waals surface area contributed by atoms with Crippen molar-refractivity contribution in [2.75, 3.05) is 13.1 Å². The average Bonchev–Trinajstić information content (AvgIpc) is 2.76. The molecule has 31 heavy (non-hydrogen) atoms. The number of hydrogen-bond donors (Lipinski definition) is 1. The first kappa shape index (κ1) is 23.2. The minimum Gasteiger partial charge on any atom is -0.373 e. The Morgan fingerprint density at radius 2 is 1.52 bits per heavy atom. The predicted octanol–water partition coefficient (Wildman–Crippen LogP) is 4.36. The molecule has 1 amide bonds. The highest BCUT2D eigenvalue weighted by molar-refractivity contribution is 5.95. The number of unbranched alkanes of at least 4 members (excludes halogenated alkanes) is 1. The Balaban J connectivity index is 1.32. The third-order valence-electron chi connectivity index (χ3n) is 5.57. The minimum atomic E-state index is 0.0347. The van der Waals surface area contributed by atoms with Gasteiger partial charge in [0, 0.05) is 44.6 Å². The van der Waals surface area contributed by atoms with Crippen LogP contribution in [0, 0.1) is 0 Å². The van der Waals surface area contributed by atoms with Crippen LogP contribution in [0.2, 0.25) is 0 Å². The highest BCUT2D eigenvalue weighted by Crippen LogP contribution is 2.15. The molecule has 0 bridgehead atoms. The number of carbonyl (C=O) groups is 2. The summed E-state index contributed by atoms with van der Waals surface area (Å²) in [5.41, 5.74) is 3.12. The number of Topliss-reactive ketones (excluding diaryl/α,β-unsaturated/α-hetero) is 1. The van der Waals surface area contributed by atoms with Crippen molar-refractivity contribution in [1.29, 1.82) is 0 Å². The predicted molar refractivity (Wildman–Crippen MR) is 123 cm³/mol. The van der Waals surface area contributed by atoms with E-state index in [2.05, 4.69) is 48.3 Å². The molecule has 1 heterocycles. The van der Waals surface area contributed by atoms with Crippen LogP contribution in [0.25, 0.3) is 0 Å². The molecule has 1 N–H and O–H groups in total. The minimum absolute atomic E-state index is 0.0347. The highest BCUT2D eigenvalue weighted by Gasteiger charge is 2.21. The topological polar surface area (TPSA) is 58.6 Å². The molecule has 0 radical (unpaired) electrons. The Morgan fingerprint density at radius 3 is 2.19 bits per heavy atom. The van der Waals surface area contributed by atoms with Gasteiger partial charge >= 0.3 is 0 Å². The second-order valence-electron chi connectivity index (χ2n) is 8.54. The van der Waals surface area contributed by atoms with Gasteiger partial charge in [0.05, 0.1) is 12.2 Å². The van der Waals surface area contributed by atoms with Crippen molar-refractivity contribution in [3.63, 3.8) is 0 Å². The standard InChI is InChI=1S/C26H34N2O3/c1-20-17-28(18-21(2)31-20)19-23-14-12-22(13-15-23)16-27-26(30)11-7-6-10-25(29)24-8-4-3-5-9-24/h3-5,8-9,12-15,20-21H,6-7,10-11,16-19H2,1-2H3,(H,27,30)/t20-,21-/m1/s1. The van der Waals surface area contributed by atoms with E-state index in [4.69, 9.17) is 4.74 Å². The van der Waals surface area contributed by atoms with Gasteiger partial charge in [-0.2, -0.15) is 0 Å². The van der Waals surface area contributed by atoms with Crippen LogP contribution >= 0.6 is 0 Å². The van der Waals surface area contributed by atoms with Gasteiger partial charge in [-0.05, 0) is 37.8 Å². The second-order valence-corrected chi connectivity index (χ2v) is 8.54. The van der Waals surface area contributed by atoms with E-state index >= 15 is 0 Å². The van der Waals surface area contributed by atoms with Crippen LogP contribution in [0.3, 0.4) is 0 Å². The highest BCUT2D eigenvalue weighted by atomic mass is 16.5. The monoisotopic (exact) mass is 422 g/mol. The number of hydrogen-bond acceptors (Lipinski definition) is 4. The van der Waals surface area contributed by atoms with Crippen LogP contribution in [-0.2, 0) is 22.6 Å². The van der Waals surface area contributed by atoms with Crippen LogP contribution < -0.4 is 5.32 Å². The lowest BCUT2D eigenvalue weighted by molar-refractivity contribution is -0.121. The van der Waals surface area contributed by atoms with Gasteiger partial charge < -0.3 is 10.1 Å². The largest absolute Gasteiger partial charge is 0.373 e. The number of nitrogens with one attached hydrogen (secondary N) is 1. The van der Waals surface area contributed by atoms with Gasteiger partial charge in [0.1, 0.15) is 0 Å². The number of nitrogens with zero attached hydrogens (tertiary/aromatic N) is 1. The first-order chi connectivity index (χ1) is 15.0. The van der Waals surface area contributed by atoms with E-state index in [1.165, 1.54) is 5.56 Å². The molecule has 3 rings (SSSR count). The number of morpholine rings is 1. The van der Waals surface area contributed by atoms with Crippen molar-refractivity contribution < 1.29 is 14.3 Å². The van der Waals surface area contributed by atoms with Gasteiger partial charge in [0.25, 0.3) is 0 Å². The zero-order chi connectivity index (χ0) is 22.1. The van der Waals surface area contributed by atoms with E-state index in [0.717, 1.165) is 43.6 Å². The smallest absolute Gasteiger partial charge is 0.220 e. The lowest BCUT2D eigenvalue weighted by atomic mass is 10.0. The van der Waals surface area contributed by atoms with Crippen molar-refractivity contribution in [3.05, 3.63) is 71.3 Å². The summed E-state index contributed by atoms with van der Waals surface area (Å²) in [6, 6.07) is 17.8. The van der Waals surface area contributed by atoms with E-state index in [1.54, 1.807) is 0 Å². The Hall–Kier alpha value is -2.50. The summed E-state index contributed by atoms with van der Waals surface area (Å²) in [5.74, 6) is 0.176. The molecule has 0 aromatic heterocycles. The average molecular weight is 423 g/mol. The number of ether oxygens (including phenoxy) is 1. The number of benzene rings is 2. The van der Waals surface area contributed by atoms with Crippen molar-refractivity contribution in [1.82, 2.24) is 10.2 Å². The molecule has 0 aliphatic carbocycles. The third kappa shape index (κ3) is 7.93. The van der Waals surface area contributed by atoms with Crippen LogP contribution in [0.1, 0.15) is 61.0 Å². The van der Waals surface area contributed by atoms with E-state index in [1.807, 2.05) is 30.3 Å². The molecule has 2 aromatic rings. The summed E-state index contributed by atoms with van der Waals surface area (Å²) >= 11 is 0. The fourth-order valence-electron chi connectivity index (χ4n) is 4.06. The third-order valence-corrected chi connectivity index (χ3v) is 5.57. The zero-order valence-corrected chi connectivity index (χ0v) is 18.7. The van der Waals surface area contributed by atoms with Gasteiger partial charge in [0.2, 0.25) is 5.91 Å². The second kappa shape index (κ2) is 11.8. The summed E-state index contributed by atoms with van der Waals surface area (Å²) < 4.78 is 5.80. The maximum absolute atomic E-state index is 12.1. The van der Waals surface area contributed by atoms with E-state index < -0.39 is 0 Å². The van der Waals surface area contributed by atoms with Crippen molar-refractivity contribution in [3.8, 4) is 0 Å². The van der Waals surface area contributed by atoms with E-state index in [0.29, 0.717) is 19.4 Å². The van der Waals surface area contributed by atoms with Crippen LogP contribution in [0.15, 0.2) is 54.6 Å². The molecular formula is C26H34N2O3. The maximum atomic E-state index is 12.1. The van der Waals surface area contributed by atoms with Crippen molar-refractivity contribution in [2.24, 2.45) is 0 Å². The summed E-state index contributed by atoms with van der Waals surface area (Å²) in [5, 5.41) is 2.98. The van der Waals surface area contributed by atoms with Crippen molar-refractivity contribution >= 4 is 11.7 Å². The van der Waals surface area contributed by atoms with Gasteiger partial charge in [-0.3, -0.25) is 14.5 Å². The molecular weight excluding hydrogens is 388 g/mol. The summed E-state index contributed by atoms with van der Waals surface area (Å²) in [4.78, 5) is 26.6. The molecule has 0 unspecified atom stereocenters. The Labute approximate surface area is 185 Å². The lowest BCUT2D eigenvalue weighted by Gasteiger charge is -2.35. The quantitative estimate of drug-likeness (QED) is 0.457. The van der Waals surface area contributed by atoms with E-state index in [9.17, 15) is 9.59 Å². The van der Waals surface area contributed by atoms with Crippen LogP contribution in [0.4, 0.5) is 0 Å². The Morgan fingerprint density at radius 1 is 0.903 bits per heavy atom. The van der Waals surface area contributed by atoms with Crippen molar-refractivity contribution in [2.45, 2.75) is 64.8 Å². The summed E-state index contributed by atoms with van der Waals surface area (Å²) in [6.07, 6.45) is 2.94. The molecule has 0 saturated carbocycles. The normalized spacial score (nSPS) is 19.2. The number of ketones is 1. The van der Waals surface area contributed by atoms with Crippen LogP contribution in [-0.4, -0.2) is 41.9 Å². The number of rotatable bonds is 10. The number of carbonyl (C=O) groups excluding carboxylic acids is 2. The first-order valence-electron chi connectivity index (χ1n) is 11.3. The van der Waals surface area contributed by atoms with E-state index in [-0.39, 0.29) is 23.9 Å². The SMILES string of the molecule is C[C@@H]1CN(Cc2ccc(CNC(=O)CCCCC(=O)c3ccccc3)cc2)C[C@@H](C)O1. The fraction of sp³-hybridized carbons (Fsp3) is 0.462. The molecule has 1 fully saturated rings. The van der Waals surface area contributed by atoms with Gasteiger partial charge in [-0.1, -0.05) is 54.6 Å². The lowest BCUT2D eigenvalue weighted by Crippen LogP contribution is -2.44. The molecule has 2 atom stereocenters. The zero-order valence-electron chi connectivity index (χ0n) is 18.7. The maximum Gasteiger partial charge on any atom is 0.220 e. The summed E-state index contributed by atoms with van der Waals surface area (Å²) in [6.45, 7) is 7.61. The molecule has 166 valence electrons. The van der Waals surface area contributed by atoms with Gasteiger partial charge in [0.15, 0.2) is 5.78 Å². The molecule has 1 saturated heterocycles. The Kier molecular flexibility index (Phi) is 8.80. The molecule has 5 nitrogen and oxygen atoms in total. The summed E-state index contributed by atoms with van der Waals surface area (Å²) in [7, 11) is 0. The van der Waals surface area contributed by atoms with Gasteiger partial charge in [-0.15, -0.1) is 0 Å². The molecule has 5 heteroatoms.